The predicted molar refractivity (Wildman–Crippen MR) is 109 cm³/mol. The zero-order chi connectivity index (χ0) is 22.7. The second-order valence-electron chi connectivity index (χ2n) is 7.02. The standard InChI is InChI=1S/C22H20F3N3O4/c1-2-31-21(29)19-20(32-22(23,24)25)18-15(27-28-19)9-8-14(16-12-30-11-10-26-16)17(18)13-6-4-3-5-7-13/h3-9,16,26H,2,10-12H2,1H3. The first-order valence-electron chi connectivity index (χ1n) is 10.0. The number of halogens is 3. The van der Waals surface area contributed by atoms with Crippen molar-refractivity contribution in [1.29, 1.82) is 0 Å². The van der Waals surface area contributed by atoms with Crippen LogP contribution in [0.2, 0.25) is 0 Å². The van der Waals surface area contributed by atoms with Crippen LogP contribution in [0.1, 0.15) is 29.0 Å². The average molecular weight is 447 g/mol. The molecule has 1 N–H and O–H groups in total. The molecule has 1 aromatic heterocycles. The predicted octanol–water partition coefficient (Wildman–Crippen LogP) is 4.03. The molecule has 0 saturated carbocycles. The largest absolute Gasteiger partial charge is 0.573 e. The molecular weight excluding hydrogens is 427 g/mol. The van der Waals surface area contributed by atoms with Gasteiger partial charge in [0.2, 0.25) is 5.69 Å². The van der Waals surface area contributed by atoms with Crippen LogP contribution in [0.5, 0.6) is 5.75 Å². The van der Waals surface area contributed by atoms with Crippen LogP contribution in [-0.2, 0) is 9.47 Å². The number of hydrogen-bond acceptors (Lipinski definition) is 7. The van der Waals surface area contributed by atoms with Gasteiger partial charge >= 0.3 is 12.3 Å². The maximum atomic E-state index is 13.4. The number of morpholine rings is 1. The lowest BCUT2D eigenvalue weighted by Crippen LogP contribution is -2.34. The summed E-state index contributed by atoms with van der Waals surface area (Å²) in [7, 11) is 0. The van der Waals surface area contributed by atoms with E-state index < -0.39 is 23.8 Å². The highest BCUT2D eigenvalue weighted by Crippen LogP contribution is 2.42. The average Bonchev–Trinajstić information content (AvgIpc) is 2.79. The van der Waals surface area contributed by atoms with E-state index in [2.05, 4.69) is 20.3 Å². The van der Waals surface area contributed by atoms with Crippen molar-refractivity contribution in [3.63, 3.8) is 0 Å². The van der Waals surface area contributed by atoms with Gasteiger partial charge in [-0.3, -0.25) is 0 Å². The number of ether oxygens (including phenoxy) is 3. The molecule has 1 atom stereocenters. The number of fused-ring (bicyclic) bond motifs is 1. The Bertz CT molecular complexity index is 1120. The van der Waals surface area contributed by atoms with Crippen LogP contribution in [0, 0.1) is 0 Å². The molecule has 1 unspecified atom stereocenters. The molecule has 0 aliphatic carbocycles. The van der Waals surface area contributed by atoms with Gasteiger partial charge in [-0.05, 0) is 29.7 Å². The Hall–Kier alpha value is -3.24. The fourth-order valence-corrected chi connectivity index (χ4v) is 3.71. The number of benzene rings is 2. The molecule has 168 valence electrons. The molecule has 0 amide bonds. The summed E-state index contributed by atoms with van der Waals surface area (Å²) in [4.78, 5) is 12.4. The van der Waals surface area contributed by atoms with E-state index in [4.69, 9.17) is 9.47 Å². The van der Waals surface area contributed by atoms with Gasteiger partial charge < -0.3 is 19.5 Å². The highest BCUT2D eigenvalue weighted by atomic mass is 19.4. The summed E-state index contributed by atoms with van der Waals surface area (Å²) >= 11 is 0. The second kappa shape index (κ2) is 9.09. The van der Waals surface area contributed by atoms with Crippen molar-refractivity contribution in [2.24, 2.45) is 0 Å². The van der Waals surface area contributed by atoms with Gasteiger partial charge in [-0.25, -0.2) is 4.79 Å². The molecule has 1 aliphatic rings. The minimum atomic E-state index is -5.06. The molecule has 2 heterocycles. The molecular formula is C22H20F3N3O4. The Morgan fingerprint density at radius 3 is 2.62 bits per heavy atom. The number of aromatic nitrogens is 2. The summed E-state index contributed by atoms with van der Waals surface area (Å²) < 4.78 is 55.1. The number of rotatable bonds is 5. The lowest BCUT2D eigenvalue weighted by Gasteiger charge is -2.27. The van der Waals surface area contributed by atoms with Crippen LogP contribution in [0.15, 0.2) is 42.5 Å². The van der Waals surface area contributed by atoms with Gasteiger partial charge in [-0.1, -0.05) is 36.4 Å². The Morgan fingerprint density at radius 1 is 1.19 bits per heavy atom. The number of alkyl halides is 3. The number of carbonyl (C=O) groups excluding carboxylic acids is 1. The molecule has 1 fully saturated rings. The molecule has 32 heavy (non-hydrogen) atoms. The summed E-state index contributed by atoms with van der Waals surface area (Å²) in [6.45, 7) is 2.96. The van der Waals surface area contributed by atoms with Crippen molar-refractivity contribution in [2.45, 2.75) is 19.3 Å². The van der Waals surface area contributed by atoms with Crippen molar-refractivity contribution < 1.29 is 32.2 Å². The van der Waals surface area contributed by atoms with Crippen LogP contribution in [0.3, 0.4) is 0 Å². The third kappa shape index (κ3) is 4.51. The summed E-state index contributed by atoms with van der Waals surface area (Å²) in [5, 5.41) is 11.0. The number of esters is 1. The first-order chi connectivity index (χ1) is 15.4. The van der Waals surface area contributed by atoms with E-state index in [1.807, 2.05) is 0 Å². The fourth-order valence-electron chi connectivity index (χ4n) is 3.71. The lowest BCUT2D eigenvalue weighted by molar-refractivity contribution is -0.274. The summed E-state index contributed by atoms with van der Waals surface area (Å²) in [6, 6.07) is 11.9. The van der Waals surface area contributed by atoms with Crippen molar-refractivity contribution in [2.75, 3.05) is 26.4 Å². The van der Waals surface area contributed by atoms with Crippen molar-refractivity contribution in [3.05, 3.63) is 53.7 Å². The van der Waals surface area contributed by atoms with Gasteiger partial charge in [0.1, 0.15) is 0 Å². The first kappa shape index (κ1) is 22.0. The van der Waals surface area contributed by atoms with E-state index in [-0.39, 0.29) is 23.6 Å². The number of carbonyl (C=O) groups is 1. The Morgan fingerprint density at radius 2 is 1.97 bits per heavy atom. The molecule has 10 heteroatoms. The zero-order valence-corrected chi connectivity index (χ0v) is 17.1. The van der Waals surface area contributed by atoms with Crippen LogP contribution in [-0.4, -0.2) is 48.9 Å². The molecule has 0 bridgehead atoms. The third-order valence-electron chi connectivity index (χ3n) is 4.96. The third-order valence-corrected chi connectivity index (χ3v) is 4.96. The maximum Gasteiger partial charge on any atom is 0.573 e. The highest BCUT2D eigenvalue weighted by Gasteiger charge is 2.36. The fraction of sp³-hybridized carbons (Fsp3) is 0.318. The van der Waals surface area contributed by atoms with Crippen molar-refractivity contribution in [1.82, 2.24) is 15.5 Å². The topological polar surface area (TPSA) is 82.6 Å². The van der Waals surface area contributed by atoms with Gasteiger partial charge in [-0.2, -0.15) is 0 Å². The quantitative estimate of drug-likeness (QED) is 0.592. The summed E-state index contributed by atoms with van der Waals surface area (Å²) in [5.41, 5.74) is 1.29. The SMILES string of the molecule is CCOC(=O)c1nnc2ccc(C3COCCN3)c(-c3ccccc3)c2c1OC(F)(F)F. The normalized spacial score (nSPS) is 16.7. The highest BCUT2D eigenvalue weighted by molar-refractivity contribution is 6.05. The summed E-state index contributed by atoms with van der Waals surface area (Å²) in [6.07, 6.45) is -5.06. The maximum absolute atomic E-state index is 13.4. The number of nitrogens with zero attached hydrogens (tertiary/aromatic N) is 2. The molecule has 0 spiro atoms. The molecule has 2 aromatic carbocycles. The van der Waals surface area contributed by atoms with Crippen LogP contribution >= 0.6 is 0 Å². The minimum absolute atomic E-state index is 0.0245. The Labute approximate surface area is 181 Å². The molecule has 0 radical (unpaired) electrons. The molecule has 1 saturated heterocycles. The Kier molecular flexibility index (Phi) is 6.24. The number of nitrogens with one attached hydrogen (secondary N) is 1. The summed E-state index contributed by atoms with van der Waals surface area (Å²) in [5.74, 6) is -1.79. The van der Waals surface area contributed by atoms with E-state index in [9.17, 15) is 18.0 Å². The van der Waals surface area contributed by atoms with Crippen LogP contribution < -0.4 is 10.1 Å². The van der Waals surface area contributed by atoms with Gasteiger partial charge in [0, 0.05) is 6.54 Å². The van der Waals surface area contributed by atoms with Gasteiger partial charge in [0.05, 0.1) is 36.8 Å². The van der Waals surface area contributed by atoms with Crippen LogP contribution in [0.25, 0.3) is 22.0 Å². The van der Waals surface area contributed by atoms with Gasteiger partial charge in [0.25, 0.3) is 0 Å². The zero-order valence-electron chi connectivity index (χ0n) is 17.1. The van der Waals surface area contributed by atoms with E-state index >= 15 is 0 Å². The molecule has 3 aromatic rings. The number of hydrogen-bond donors (Lipinski definition) is 1. The van der Waals surface area contributed by atoms with E-state index in [0.717, 1.165) is 0 Å². The molecule has 7 nitrogen and oxygen atoms in total. The lowest BCUT2D eigenvalue weighted by atomic mass is 9.90. The monoisotopic (exact) mass is 447 g/mol. The van der Waals surface area contributed by atoms with Crippen LogP contribution in [0.4, 0.5) is 13.2 Å². The second-order valence-corrected chi connectivity index (χ2v) is 7.02. The first-order valence-corrected chi connectivity index (χ1v) is 10.0. The van der Waals surface area contributed by atoms with Crippen molar-refractivity contribution in [3.8, 4) is 16.9 Å². The Balaban J connectivity index is 2.06. The molecule has 1 aliphatic heterocycles. The van der Waals surface area contributed by atoms with Gasteiger partial charge in [0.15, 0.2) is 5.75 Å². The van der Waals surface area contributed by atoms with E-state index in [0.29, 0.717) is 36.4 Å². The smallest absolute Gasteiger partial charge is 0.461 e. The van der Waals surface area contributed by atoms with E-state index in [1.54, 1.807) is 49.4 Å². The molecule has 4 rings (SSSR count). The van der Waals surface area contributed by atoms with E-state index in [1.165, 1.54) is 0 Å². The minimum Gasteiger partial charge on any atom is -0.461 e. The van der Waals surface area contributed by atoms with Crippen molar-refractivity contribution >= 4 is 16.9 Å². The van der Waals surface area contributed by atoms with Gasteiger partial charge in [-0.15, -0.1) is 23.4 Å².